The third-order valence-corrected chi connectivity index (χ3v) is 4.25. The van der Waals surface area contributed by atoms with Crippen molar-refractivity contribution in [3.8, 4) is 11.5 Å². The number of quaternary nitrogens is 1. The summed E-state index contributed by atoms with van der Waals surface area (Å²) in [6, 6.07) is 4.70. The second kappa shape index (κ2) is 6.16. The zero-order chi connectivity index (χ0) is 17.4. The van der Waals surface area contributed by atoms with Crippen molar-refractivity contribution >= 4 is 11.7 Å². The van der Waals surface area contributed by atoms with Crippen molar-refractivity contribution in [2.45, 2.75) is 13.0 Å². The van der Waals surface area contributed by atoms with Crippen LogP contribution in [0.15, 0.2) is 29.5 Å². The van der Waals surface area contributed by atoms with E-state index < -0.39 is 17.7 Å². The Labute approximate surface area is 140 Å². The van der Waals surface area contributed by atoms with Crippen LogP contribution in [0.1, 0.15) is 18.5 Å². The maximum absolute atomic E-state index is 12.5. The van der Waals surface area contributed by atoms with Gasteiger partial charge in [0.1, 0.15) is 0 Å². The highest BCUT2D eigenvalue weighted by Crippen LogP contribution is 2.41. The second-order valence-electron chi connectivity index (χ2n) is 6.29. The summed E-state index contributed by atoms with van der Waals surface area (Å²) in [7, 11) is 3.96. The van der Waals surface area contributed by atoms with E-state index in [1.165, 1.54) is 16.7 Å². The Morgan fingerprint density at radius 3 is 2.71 bits per heavy atom. The van der Waals surface area contributed by atoms with Crippen molar-refractivity contribution in [3.63, 3.8) is 0 Å². The van der Waals surface area contributed by atoms with Gasteiger partial charge in [0, 0.05) is 0 Å². The molecule has 128 valence electrons. The Morgan fingerprint density at radius 2 is 2.04 bits per heavy atom. The number of rotatable bonds is 5. The predicted octanol–water partition coefficient (Wildman–Crippen LogP) is -0.156. The first-order valence-electron chi connectivity index (χ1n) is 7.83. The van der Waals surface area contributed by atoms with Crippen LogP contribution in [0.25, 0.3) is 0 Å². The fourth-order valence-corrected chi connectivity index (χ4v) is 3.02. The zero-order valence-corrected chi connectivity index (χ0v) is 14.0. The first kappa shape index (κ1) is 16.3. The molecule has 0 fully saturated rings. The zero-order valence-electron chi connectivity index (χ0n) is 14.0. The van der Waals surface area contributed by atoms with Gasteiger partial charge in [0.25, 0.3) is 5.91 Å². The van der Waals surface area contributed by atoms with Crippen molar-refractivity contribution in [1.82, 2.24) is 4.90 Å². The highest BCUT2D eigenvalue weighted by Gasteiger charge is 2.42. The quantitative estimate of drug-likeness (QED) is 0.783. The molecule has 0 bridgehead atoms. The van der Waals surface area contributed by atoms with Gasteiger partial charge in [-0.25, -0.2) is 0 Å². The Morgan fingerprint density at radius 1 is 1.33 bits per heavy atom. The molecule has 2 heterocycles. The van der Waals surface area contributed by atoms with E-state index in [9.17, 15) is 14.7 Å². The molecule has 2 aliphatic heterocycles. The number of amides is 1. The SMILES string of the molecule is CC(=O)C1=C(O)C(=O)N(CC[NH+](C)C)[C@H]1c1ccc2c(c1)OCO2. The van der Waals surface area contributed by atoms with Crippen LogP contribution < -0.4 is 14.4 Å². The van der Waals surface area contributed by atoms with Gasteiger partial charge in [0.2, 0.25) is 6.79 Å². The summed E-state index contributed by atoms with van der Waals surface area (Å²) in [6.07, 6.45) is 0. The van der Waals surface area contributed by atoms with Crippen molar-refractivity contribution < 1.29 is 29.1 Å². The highest BCUT2D eigenvalue weighted by molar-refractivity contribution is 6.08. The molecule has 2 aliphatic rings. The van der Waals surface area contributed by atoms with E-state index in [0.717, 1.165) is 5.56 Å². The van der Waals surface area contributed by atoms with E-state index in [4.69, 9.17) is 9.47 Å². The Kier molecular flexibility index (Phi) is 4.19. The molecule has 1 atom stereocenters. The first-order chi connectivity index (χ1) is 11.4. The molecule has 7 heteroatoms. The van der Waals surface area contributed by atoms with Gasteiger partial charge in [-0.2, -0.15) is 0 Å². The van der Waals surface area contributed by atoms with Crippen LogP contribution in [0, 0.1) is 0 Å². The summed E-state index contributed by atoms with van der Waals surface area (Å²) in [5.41, 5.74) is 0.850. The predicted molar refractivity (Wildman–Crippen MR) is 85.0 cm³/mol. The van der Waals surface area contributed by atoms with Gasteiger partial charge in [-0.15, -0.1) is 0 Å². The molecule has 24 heavy (non-hydrogen) atoms. The van der Waals surface area contributed by atoms with E-state index in [2.05, 4.69) is 0 Å². The van der Waals surface area contributed by atoms with Crippen LogP contribution in [-0.2, 0) is 9.59 Å². The maximum atomic E-state index is 12.5. The molecule has 2 N–H and O–H groups in total. The number of Topliss-reactive ketones (excluding diaryl/α,β-unsaturated/α-hetero) is 1. The summed E-state index contributed by atoms with van der Waals surface area (Å²) in [6.45, 7) is 2.64. The largest absolute Gasteiger partial charge is 0.503 e. The summed E-state index contributed by atoms with van der Waals surface area (Å²) in [4.78, 5) is 27.2. The molecular formula is C17H21N2O5+. The summed E-state index contributed by atoms with van der Waals surface area (Å²) in [5, 5.41) is 10.2. The van der Waals surface area contributed by atoms with E-state index in [0.29, 0.717) is 24.6 Å². The molecule has 0 saturated carbocycles. The van der Waals surface area contributed by atoms with Gasteiger partial charge in [0.15, 0.2) is 23.0 Å². The van der Waals surface area contributed by atoms with E-state index in [-0.39, 0.29) is 18.1 Å². The van der Waals surface area contributed by atoms with Gasteiger partial charge in [-0.1, -0.05) is 6.07 Å². The molecule has 0 saturated heterocycles. The first-order valence-corrected chi connectivity index (χ1v) is 7.83. The second-order valence-corrected chi connectivity index (χ2v) is 6.29. The molecular weight excluding hydrogens is 312 g/mol. The lowest BCUT2D eigenvalue weighted by Crippen LogP contribution is -3.06. The van der Waals surface area contributed by atoms with Crippen molar-refractivity contribution in [1.29, 1.82) is 0 Å². The lowest BCUT2D eigenvalue weighted by molar-refractivity contribution is -0.857. The number of nitrogens with one attached hydrogen (secondary N) is 1. The van der Waals surface area contributed by atoms with E-state index >= 15 is 0 Å². The smallest absolute Gasteiger partial charge is 0.290 e. The minimum atomic E-state index is -0.608. The number of fused-ring (bicyclic) bond motifs is 1. The Hall–Kier alpha value is -2.54. The van der Waals surface area contributed by atoms with Crippen LogP contribution in [0.3, 0.4) is 0 Å². The van der Waals surface area contributed by atoms with Crippen LogP contribution in [0.2, 0.25) is 0 Å². The van der Waals surface area contributed by atoms with E-state index in [1.54, 1.807) is 18.2 Å². The number of aliphatic hydroxyl groups excluding tert-OH is 1. The van der Waals surface area contributed by atoms with Crippen molar-refractivity contribution in [2.75, 3.05) is 34.0 Å². The third-order valence-electron chi connectivity index (χ3n) is 4.25. The molecule has 0 aliphatic carbocycles. The number of likely N-dealkylation sites (N-methyl/N-ethyl adjacent to an activating group) is 1. The van der Waals surface area contributed by atoms with Crippen molar-refractivity contribution in [3.05, 3.63) is 35.1 Å². The highest BCUT2D eigenvalue weighted by atomic mass is 16.7. The van der Waals surface area contributed by atoms with Crippen LogP contribution in [-0.4, -0.2) is 55.7 Å². The summed E-state index contributed by atoms with van der Waals surface area (Å²) < 4.78 is 10.7. The maximum Gasteiger partial charge on any atom is 0.290 e. The molecule has 0 spiro atoms. The summed E-state index contributed by atoms with van der Waals surface area (Å²) >= 11 is 0. The summed E-state index contributed by atoms with van der Waals surface area (Å²) in [5.74, 6) is -0.0800. The minimum Gasteiger partial charge on any atom is -0.503 e. The molecule has 0 unspecified atom stereocenters. The van der Waals surface area contributed by atoms with Crippen LogP contribution >= 0.6 is 0 Å². The molecule has 3 rings (SSSR count). The number of hydrogen-bond donors (Lipinski definition) is 2. The molecule has 1 aromatic rings. The third kappa shape index (κ3) is 2.71. The average molecular weight is 333 g/mol. The van der Waals surface area contributed by atoms with Gasteiger partial charge >= 0.3 is 0 Å². The topological polar surface area (TPSA) is 80.5 Å². The number of ether oxygens (including phenoxy) is 2. The standard InChI is InChI=1S/C17H20N2O5/c1-10(20)14-15(11-4-5-12-13(8-11)24-9-23-12)19(7-6-18(2)3)17(22)16(14)21/h4-5,8,15,21H,6-7,9H2,1-3H3/p+1/t15-/m0/s1. The lowest BCUT2D eigenvalue weighted by Gasteiger charge is -2.27. The number of aliphatic hydroxyl groups is 1. The van der Waals surface area contributed by atoms with Crippen LogP contribution in [0.5, 0.6) is 11.5 Å². The fraction of sp³-hybridized carbons (Fsp3) is 0.412. The molecule has 7 nitrogen and oxygen atoms in total. The monoisotopic (exact) mass is 333 g/mol. The molecule has 0 radical (unpaired) electrons. The Bertz CT molecular complexity index is 726. The van der Waals surface area contributed by atoms with Crippen molar-refractivity contribution in [2.24, 2.45) is 0 Å². The lowest BCUT2D eigenvalue weighted by atomic mass is 9.96. The molecule has 1 aromatic carbocycles. The van der Waals surface area contributed by atoms with Gasteiger partial charge < -0.3 is 24.4 Å². The number of nitrogens with zero attached hydrogens (tertiary/aromatic N) is 1. The molecule has 0 aromatic heterocycles. The normalized spacial score (nSPS) is 19.6. The average Bonchev–Trinajstić information content (AvgIpc) is 3.08. The number of ketones is 1. The number of hydrogen-bond acceptors (Lipinski definition) is 5. The van der Waals surface area contributed by atoms with Gasteiger partial charge in [-0.05, 0) is 24.6 Å². The van der Waals surface area contributed by atoms with Gasteiger partial charge in [-0.3, -0.25) is 9.59 Å². The molecule has 1 amide bonds. The number of carbonyl (C=O) groups excluding carboxylic acids is 2. The fourth-order valence-electron chi connectivity index (χ4n) is 3.02. The van der Waals surface area contributed by atoms with E-state index in [1.807, 2.05) is 14.1 Å². The number of carbonyl (C=O) groups is 2. The van der Waals surface area contributed by atoms with Crippen LogP contribution in [0.4, 0.5) is 0 Å². The Balaban J connectivity index is 2.01. The van der Waals surface area contributed by atoms with Gasteiger partial charge in [0.05, 0.1) is 38.8 Å². The number of benzene rings is 1. The minimum absolute atomic E-state index is 0.132.